The zero-order valence-electron chi connectivity index (χ0n) is 16.8. The number of sulfone groups is 1. The Labute approximate surface area is 184 Å². The Bertz CT molecular complexity index is 1530. The van der Waals surface area contributed by atoms with E-state index in [2.05, 4.69) is 15.1 Å². The highest BCUT2D eigenvalue weighted by Crippen LogP contribution is 2.30. The van der Waals surface area contributed by atoms with Crippen molar-refractivity contribution < 1.29 is 26.0 Å². The SMILES string of the molecule is CCS(=O)(=O)c1cc(-c2ccc(F)cc2)cnc1-n1ncc2cc(C(F)(F)F)cnc2c1=O. The van der Waals surface area contributed by atoms with Gasteiger partial charge in [-0.15, -0.1) is 0 Å². The van der Waals surface area contributed by atoms with Crippen molar-refractivity contribution in [3.8, 4) is 16.9 Å². The summed E-state index contributed by atoms with van der Waals surface area (Å²) in [6.45, 7) is 1.40. The van der Waals surface area contributed by atoms with Crippen LogP contribution in [0.15, 0.2) is 64.7 Å². The Morgan fingerprint density at radius 3 is 2.30 bits per heavy atom. The zero-order valence-corrected chi connectivity index (χ0v) is 17.7. The van der Waals surface area contributed by atoms with Gasteiger partial charge in [-0.25, -0.2) is 22.8 Å². The Hall–Kier alpha value is -3.67. The van der Waals surface area contributed by atoms with Gasteiger partial charge < -0.3 is 0 Å². The van der Waals surface area contributed by atoms with E-state index in [1.807, 2.05) is 0 Å². The maximum Gasteiger partial charge on any atom is 0.417 e. The zero-order chi connectivity index (χ0) is 24.0. The average molecular weight is 478 g/mol. The van der Waals surface area contributed by atoms with E-state index >= 15 is 0 Å². The molecule has 0 saturated heterocycles. The first-order chi connectivity index (χ1) is 15.5. The van der Waals surface area contributed by atoms with E-state index in [-0.39, 0.29) is 27.4 Å². The molecule has 170 valence electrons. The van der Waals surface area contributed by atoms with Crippen molar-refractivity contribution in [1.82, 2.24) is 19.7 Å². The molecule has 0 spiro atoms. The molecule has 0 N–H and O–H groups in total. The molecule has 12 heteroatoms. The lowest BCUT2D eigenvalue weighted by Gasteiger charge is -2.13. The Morgan fingerprint density at radius 2 is 1.67 bits per heavy atom. The number of aromatic nitrogens is 4. The number of hydrogen-bond donors (Lipinski definition) is 0. The third-order valence-electron chi connectivity index (χ3n) is 4.88. The van der Waals surface area contributed by atoms with Crippen LogP contribution in [-0.4, -0.2) is 33.9 Å². The molecule has 0 unspecified atom stereocenters. The van der Waals surface area contributed by atoms with Crippen molar-refractivity contribution in [1.29, 1.82) is 0 Å². The molecule has 3 aromatic heterocycles. The molecule has 0 amide bonds. The van der Waals surface area contributed by atoms with Gasteiger partial charge in [0.25, 0.3) is 5.56 Å². The van der Waals surface area contributed by atoms with Crippen molar-refractivity contribution in [3.63, 3.8) is 0 Å². The fraction of sp³-hybridized carbons (Fsp3) is 0.143. The molecule has 0 aliphatic heterocycles. The van der Waals surface area contributed by atoms with Gasteiger partial charge in [-0.05, 0) is 29.8 Å². The minimum absolute atomic E-state index is 0.158. The highest BCUT2D eigenvalue weighted by atomic mass is 32.2. The van der Waals surface area contributed by atoms with E-state index in [0.717, 1.165) is 12.3 Å². The molecule has 0 radical (unpaired) electrons. The van der Waals surface area contributed by atoms with Crippen LogP contribution in [0, 0.1) is 5.82 Å². The molecule has 0 atom stereocenters. The molecule has 0 fully saturated rings. The summed E-state index contributed by atoms with van der Waals surface area (Å²) in [6.07, 6.45) is -1.87. The van der Waals surface area contributed by atoms with Crippen molar-refractivity contribution in [2.75, 3.05) is 5.75 Å². The molecule has 4 aromatic rings. The first-order valence-corrected chi connectivity index (χ1v) is 11.1. The summed E-state index contributed by atoms with van der Waals surface area (Å²) in [7, 11) is -3.92. The van der Waals surface area contributed by atoms with E-state index in [1.165, 1.54) is 43.5 Å². The molecule has 0 aliphatic carbocycles. The van der Waals surface area contributed by atoms with Crippen LogP contribution in [-0.2, 0) is 16.0 Å². The maximum atomic E-state index is 13.2. The second-order valence-electron chi connectivity index (χ2n) is 6.98. The van der Waals surface area contributed by atoms with Gasteiger partial charge in [0, 0.05) is 23.3 Å². The highest BCUT2D eigenvalue weighted by molar-refractivity contribution is 7.91. The molecular formula is C21H14F4N4O3S. The standard InChI is InChI=1S/C21H14F4N4O3S/c1-2-33(31,32)17-8-13(12-3-5-16(22)6-4-12)9-27-19(17)29-20(30)18-14(10-28-29)7-15(11-26-18)21(23,24)25/h3-11H,2H2,1H3. The monoisotopic (exact) mass is 478 g/mol. The lowest BCUT2D eigenvalue weighted by Crippen LogP contribution is -2.25. The Morgan fingerprint density at radius 1 is 0.970 bits per heavy atom. The molecule has 0 saturated carbocycles. The topological polar surface area (TPSA) is 94.8 Å². The first kappa shape index (κ1) is 22.5. The van der Waals surface area contributed by atoms with Crippen molar-refractivity contribution in [2.24, 2.45) is 0 Å². The lowest BCUT2D eigenvalue weighted by molar-refractivity contribution is -0.137. The van der Waals surface area contributed by atoms with Gasteiger partial charge >= 0.3 is 6.18 Å². The minimum Gasteiger partial charge on any atom is -0.265 e. The predicted molar refractivity (Wildman–Crippen MR) is 111 cm³/mol. The van der Waals surface area contributed by atoms with Gasteiger partial charge in [-0.2, -0.15) is 23.0 Å². The van der Waals surface area contributed by atoms with Gasteiger partial charge in [0.15, 0.2) is 15.7 Å². The van der Waals surface area contributed by atoms with Crippen molar-refractivity contribution in [3.05, 3.63) is 76.7 Å². The van der Waals surface area contributed by atoms with Crippen LogP contribution in [0.25, 0.3) is 27.8 Å². The Kier molecular flexibility index (Phi) is 5.48. The smallest absolute Gasteiger partial charge is 0.265 e. The quantitative estimate of drug-likeness (QED) is 0.414. The fourth-order valence-electron chi connectivity index (χ4n) is 3.12. The summed E-state index contributed by atoms with van der Waals surface area (Å²) in [6, 6.07) is 7.30. The summed E-state index contributed by atoms with van der Waals surface area (Å²) in [4.78, 5) is 20.3. The van der Waals surface area contributed by atoms with Gasteiger partial charge in [0.1, 0.15) is 16.2 Å². The third kappa shape index (κ3) is 4.21. The van der Waals surface area contributed by atoms with Gasteiger partial charge in [0.2, 0.25) is 0 Å². The van der Waals surface area contributed by atoms with Crippen LogP contribution in [0.5, 0.6) is 0 Å². The third-order valence-corrected chi connectivity index (χ3v) is 6.61. The van der Waals surface area contributed by atoms with E-state index in [4.69, 9.17) is 0 Å². The van der Waals surface area contributed by atoms with Gasteiger partial charge in [-0.3, -0.25) is 4.79 Å². The van der Waals surface area contributed by atoms with E-state index in [1.54, 1.807) is 0 Å². The summed E-state index contributed by atoms with van der Waals surface area (Å²) in [5.74, 6) is -1.11. The molecule has 4 rings (SSSR count). The van der Waals surface area contributed by atoms with Crippen LogP contribution < -0.4 is 5.56 Å². The van der Waals surface area contributed by atoms with E-state index in [0.29, 0.717) is 22.0 Å². The molecule has 3 heterocycles. The number of fused-ring (bicyclic) bond motifs is 1. The van der Waals surface area contributed by atoms with Crippen LogP contribution in [0.1, 0.15) is 12.5 Å². The second kappa shape index (κ2) is 8.03. The summed E-state index contributed by atoms with van der Waals surface area (Å²) in [5, 5.41) is 3.68. The largest absolute Gasteiger partial charge is 0.417 e. The molecule has 0 bridgehead atoms. The van der Waals surface area contributed by atoms with Crippen LogP contribution in [0.3, 0.4) is 0 Å². The van der Waals surface area contributed by atoms with Crippen LogP contribution >= 0.6 is 0 Å². The normalized spacial score (nSPS) is 12.3. The summed E-state index contributed by atoms with van der Waals surface area (Å²) in [5.41, 5.74) is -1.47. The maximum absolute atomic E-state index is 13.2. The number of benzene rings is 1. The number of pyridine rings is 2. The number of hydrogen-bond acceptors (Lipinski definition) is 6. The van der Waals surface area contributed by atoms with Crippen molar-refractivity contribution in [2.45, 2.75) is 18.0 Å². The molecular weight excluding hydrogens is 464 g/mol. The fourth-order valence-corrected chi connectivity index (χ4v) is 4.15. The predicted octanol–water partition coefficient (Wildman–Crippen LogP) is 3.79. The number of nitrogens with zero attached hydrogens (tertiary/aromatic N) is 4. The Balaban J connectivity index is 1.93. The summed E-state index contributed by atoms with van der Waals surface area (Å²) < 4.78 is 78.3. The second-order valence-corrected chi connectivity index (χ2v) is 9.22. The van der Waals surface area contributed by atoms with Gasteiger partial charge in [-0.1, -0.05) is 19.1 Å². The lowest BCUT2D eigenvalue weighted by atomic mass is 10.1. The van der Waals surface area contributed by atoms with Crippen LogP contribution in [0.4, 0.5) is 17.6 Å². The first-order valence-electron chi connectivity index (χ1n) is 9.45. The van der Waals surface area contributed by atoms with Crippen molar-refractivity contribution >= 4 is 20.7 Å². The molecule has 0 aliphatic rings. The van der Waals surface area contributed by atoms with E-state index in [9.17, 15) is 30.8 Å². The van der Waals surface area contributed by atoms with E-state index < -0.39 is 33.0 Å². The average Bonchev–Trinajstić information content (AvgIpc) is 2.79. The molecule has 7 nitrogen and oxygen atoms in total. The molecule has 33 heavy (non-hydrogen) atoms. The number of alkyl halides is 3. The molecule has 1 aromatic carbocycles. The number of halogens is 4. The van der Waals surface area contributed by atoms with Gasteiger partial charge in [0.05, 0.1) is 17.5 Å². The minimum atomic E-state index is -4.66. The summed E-state index contributed by atoms with van der Waals surface area (Å²) >= 11 is 0. The number of rotatable bonds is 4. The highest BCUT2D eigenvalue weighted by Gasteiger charge is 2.31. The van der Waals surface area contributed by atoms with Crippen LogP contribution in [0.2, 0.25) is 0 Å².